The molecule has 1 aliphatic carbocycles. The summed E-state index contributed by atoms with van der Waals surface area (Å²) in [6.45, 7) is 0.894. The number of nitrogens with two attached hydrogens (primary N) is 1. The SMILES string of the molecule is NC(=O)C1CCN(S(=O)(=O)CC2CCC2)CC1. The first-order chi connectivity index (χ1) is 7.99. The topological polar surface area (TPSA) is 80.5 Å². The van der Waals surface area contributed by atoms with E-state index in [0.717, 1.165) is 19.3 Å². The van der Waals surface area contributed by atoms with Gasteiger partial charge in [0.05, 0.1) is 5.75 Å². The fourth-order valence-electron chi connectivity index (χ4n) is 2.48. The van der Waals surface area contributed by atoms with Crippen LogP contribution in [0.4, 0.5) is 0 Å². The van der Waals surface area contributed by atoms with Crippen molar-refractivity contribution in [3.8, 4) is 0 Å². The molecule has 0 aromatic heterocycles. The van der Waals surface area contributed by atoms with E-state index < -0.39 is 10.0 Å². The van der Waals surface area contributed by atoms with Crippen molar-refractivity contribution in [2.75, 3.05) is 18.8 Å². The molecule has 6 heteroatoms. The minimum Gasteiger partial charge on any atom is -0.369 e. The van der Waals surface area contributed by atoms with Crippen LogP contribution in [-0.4, -0.2) is 37.5 Å². The van der Waals surface area contributed by atoms with Crippen LogP contribution in [0.25, 0.3) is 0 Å². The fourth-order valence-corrected chi connectivity index (χ4v) is 4.39. The van der Waals surface area contributed by atoms with Gasteiger partial charge in [-0.3, -0.25) is 4.79 Å². The van der Waals surface area contributed by atoms with Crippen molar-refractivity contribution in [3.63, 3.8) is 0 Å². The largest absolute Gasteiger partial charge is 0.369 e. The molecule has 0 atom stereocenters. The van der Waals surface area contributed by atoms with Crippen molar-refractivity contribution in [2.45, 2.75) is 32.1 Å². The van der Waals surface area contributed by atoms with Gasteiger partial charge in [-0.25, -0.2) is 12.7 Å². The van der Waals surface area contributed by atoms with Gasteiger partial charge in [-0.05, 0) is 31.6 Å². The van der Waals surface area contributed by atoms with Gasteiger partial charge in [-0.2, -0.15) is 0 Å². The van der Waals surface area contributed by atoms with E-state index in [1.165, 1.54) is 4.31 Å². The van der Waals surface area contributed by atoms with E-state index in [1.807, 2.05) is 0 Å². The van der Waals surface area contributed by atoms with E-state index in [0.29, 0.717) is 31.8 Å². The molecule has 0 aromatic carbocycles. The van der Waals surface area contributed by atoms with Crippen LogP contribution in [0.2, 0.25) is 0 Å². The molecule has 0 radical (unpaired) electrons. The highest BCUT2D eigenvalue weighted by Gasteiger charge is 2.33. The standard InChI is InChI=1S/C11H20N2O3S/c12-11(14)10-4-6-13(7-5-10)17(15,16)8-9-2-1-3-9/h9-10H,1-8H2,(H2,12,14). The number of amides is 1. The lowest BCUT2D eigenvalue weighted by atomic mass is 9.87. The summed E-state index contributed by atoms with van der Waals surface area (Å²) in [7, 11) is -3.11. The van der Waals surface area contributed by atoms with E-state index in [-0.39, 0.29) is 17.6 Å². The highest BCUT2D eigenvalue weighted by atomic mass is 32.2. The average Bonchev–Trinajstić information content (AvgIpc) is 2.24. The number of primary amides is 1. The molecule has 2 fully saturated rings. The number of piperidine rings is 1. The molecule has 1 saturated heterocycles. The van der Waals surface area contributed by atoms with Gasteiger partial charge in [0.25, 0.3) is 0 Å². The Kier molecular flexibility index (Phi) is 3.73. The lowest BCUT2D eigenvalue weighted by molar-refractivity contribution is -0.122. The summed E-state index contributed by atoms with van der Waals surface area (Å²) in [6, 6.07) is 0. The molecule has 0 bridgehead atoms. The van der Waals surface area contributed by atoms with Gasteiger partial charge in [-0.15, -0.1) is 0 Å². The van der Waals surface area contributed by atoms with Crippen LogP contribution in [0.5, 0.6) is 0 Å². The van der Waals surface area contributed by atoms with Crippen LogP contribution >= 0.6 is 0 Å². The second-order valence-corrected chi connectivity index (χ2v) is 7.16. The molecule has 0 aromatic rings. The molecule has 2 N–H and O–H groups in total. The number of carbonyl (C=O) groups excluding carboxylic acids is 1. The summed E-state index contributed by atoms with van der Waals surface area (Å²) >= 11 is 0. The highest BCUT2D eigenvalue weighted by Crippen LogP contribution is 2.29. The number of rotatable bonds is 4. The summed E-state index contributed by atoms with van der Waals surface area (Å²) < 4.78 is 25.7. The van der Waals surface area contributed by atoms with Crippen LogP contribution in [0.3, 0.4) is 0 Å². The first kappa shape index (κ1) is 12.8. The monoisotopic (exact) mass is 260 g/mol. The Balaban J connectivity index is 1.88. The number of hydrogen-bond acceptors (Lipinski definition) is 3. The number of nitrogens with zero attached hydrogens (tertiary/aromatic N) is 1. The van der Waals surface area contributed by atoms with Crippen LogP contribution in [0, 0.1) is 11.8 Å². The first-order valence-corrected chi connectivity index (χ1v) is 7.87. The molecular weight excluding hydrogens is 240 g/mol. The summed E-state index contributed by atoms with van der Waals surface area (Å²) in [4.78, 5) is 11.0. The van der Waals surface area contributed by atoms with Gasteiger partial charge in [0, 0.05) is 19.0 Å². The highest BCUT2D eigenvalue weighted by molar-refractivity contribution is 7.89. The lowest BCUT2D eigenvalue weighted by Gasteiger charge is -2.32. The Morgan fingerprint density at radius 2 is 1.76 bits per heavy atom. The Bertz CT molecular complexity index is 382. The summed E-state index contributed by atoms with van der Waals surface area (Å²) in [5.74, 6) is 0.189. The van der Waals surface area contributed by atoms with Gasteiger partial charge in [-0.1, -0.05) is 6.42 Å². The van der Waals surface area contributed by atoms with Gasteiger partial charge >= 0.3 is 0 Å². The molecule has 17 heavy (non-hydrogen) atoms. The van der Waals surface area contributed by atoms with Crippen molar-refractivity contribution in [3.05, 3.63) is 0 Å². The molecule has 0 unspecified atom stereocenters. The minimum absolute atomic E-state index is 0.148. The molecule has 1 aliphatic heterocycles. The quantitative estimate of drug-likeness (QED) is 0.790. The van der Waals surface area contributed by atoms with Crippen molar-refractivity contribution in [2.24, 2.45) is 17.6 Å². The second-order valence-electron chi connectivity index (χ2n) is 5.15. The van der Waals surface area contributed by atoms with Crippen LogP contribution in [0.15, 0.2) is 0 Å². The number of hydrogen-bond donors (Lipinski definition) is 1. The fraction of sp³-hybridized carbons (Fsp3) is 0.909. The third-order valence-corrected chi connectivity index (χ3v) is 5.97. The number of carbonyl (C=O) groups is 1. The predicted octanol–water partition coefficient (Wildman–Crippen LogP) is 0.314. The van der Waals surface area contributed by atoms with E-state index in [9.17, 15) is 13.2 Å². The molecule has 1 saturated carbocycles. The van der Waals surface area contributed by atoms with Gasteiger partial charge in [0.1, 0.15) is 0 Å². The average molecular weight is 260 g/mol. The van der Waals surface area contributed by atoms with Crippen molar-refractivity contribution < 1.29 is 13.2 Å². The Hall–Kier alpha value is -0.620. The molecule has 2 rings (SSSR count). The Morgan fingerprint density at radius 3 is 2.18 bits per heavy atom. The maximum Gasteiger partial charge on any atom is 0.220 e. The lowest BCUT2D eigenvalue weighted by Crippen LogP contribution is -2.44. The first-order valence-electron chi connectivity index (χ1n) is 6.26. The Labute approximate surface area is 102 Å². The summed E-state index contributed by atoms with van der Waals surface area (Å²) in [5.41, 5.74) is 5.23. The molecule has 0 spiro atoms. The molecule has 1 heterocycles. The molecular formula is C11H20N2O3S. The summed E-state index contributed by atoms with van der Waals surface area (Å²) in [5, 5.41) is 0. The van der Waals surface area contributed by atoms with Crippen molar-refractivity contribution in [1.82, 2.24) is 4.31 Å². The van der Waals surface area contributed by atoms with Crippen LogP contribution < -0.4 is 5.73 Å². The van der Waals surface area contributed by atoms with Crippen molar-refractivity contribution in [1.29, 1.82) is 0 Å². The maximum absolute atomic E-state index is 12.1. The normalized spacial score (nSPS) is 24.5. The zero-order valence-electron chi connectivity index (χ0n) is 9.97. The zero-order chi connectivity index (χ0) is 12.5. The van der Waals surface area contributed by atoms with E-state index in [2.05, 4.69) is 0 Å². The minimum atomic E-state index is -3.11. The smallest absolute Gasteiger partial charge is 0.220 e. The number of sulfonamides is 1. The molecule has 1 amide bonds. The Morgan fingerprint density at radius 1 is 1.18 bits per heavy atom. The van der Waals surface area contributed by atoms with E-state index in [1.54, 1.807) is 0 Å². The molecule has 98 valence electrons. The molecule has 2 aliphatic rings. The maximum atomic E-state index is 12.1. The van der Waals surface area contributed by atoms with Gasteiger partial charge in [0.2, 0.25) is 15.9 Å². The third-order valence-electron chi connectivity index (χ3n) is 3.92. The second kappa shape index (κ2) is 4.94. The predicted molar refractivity (Wildman–Crippen MR) is 64.6 cm³/mol. The van der Waals surface area contributed by atoms with Gasteiger partial charge < -0.3 is 5.73 Å². The van der Waals surface area contributed by atoms with Crippen LogP contribution in [-0.2, 0) is 14.8 Å². The van der Waals surface area contributed by atoms with Crippen LogP contribution in [0.1, 0.15) is 32.1 Å². The molecule has 5 nitrogen and oxygen atoms in total. The van der Waals surface area contributed by atoms with E-state index in [4.69, 9.17) is 5.73 Å². The zero-order valence-corrected chi connectivity index (χ0v) is 10.8. The third kappa shape index (κ3) is 2.98. The van der Waals surface area contributed by atoms with E-state index >= 15 is 0 Å². The summed E-state index contributed by atoms with van der Waals surface area (Å²) in [6.07, 6.45) is 4.37. The van der Waals surface area contributed by atoms with Crippen molar-refractivity contribution >= 4 is 15.9 Å². The van der Waals surface area contributed by atoms with Gasteiger partial charge in [0.15, 0.2) is 0 Å².